The van der Waals surface area contributed by atoms with Crippen molar-refractivity contribution in [3.63, 3.8) is 0 Å². The van der Waals surface area contributed by atoms with Gasteiger partial charge in [-0.25, -0.2) is 35.1 Å². The van der Waals surface area contributed by atoms with E-state index in [1.165, 1.54) is 0 Å². The highest BCUT2D eigenvalue weighted by molar-refractivity contribution is 8.05. The summed E-state index contributed by atoms with van der Waals surface area (Å²) in [6.07, 6.45) is 0. The molecule has 0 fully saturated rings. The van der Waals surface area contributed by atoms with E-state index in [-0.39, 0.29) is 35.7 Å². The SMILES string of the molecule is O=[N+]([O-])C(=C(\Cl)Sc1c(F)c(F)cc(F)c1F)/C(Cl)=C(/Cl)Sc1c(F)c(F)cc(F)c1F. The van der Waals surface area contributed by atoms with Crippen LogP contribution in [0.1, 0.15) is 0 Å². The molecule has 0 bridgehead atoms. The van der Waals surface area contributed by atoms with E-state index in [2.05, 4.69) is 0 Å². The molecule has 16 heteroatoms. The van der Waals surface area contributed by atoms with Gasteiger partial charge in [0.2, 0.25) is 0 Å². The summed E-state index contributed by atoms with van der Waals surface area (Å²) in [7, 11) is 0. The van der Waals surface area contributed by atoms with Gasteiger partial charge < -0.3 is 0 Å². The van der Waals surface area contributed by atoms with Gasteiger partial charge in [0.25, 0.3) is 0 Å². The Labute approximate surface area is 196 Å². The smallest absolute Gasteiger partial charge is 0.258 e. The quantitative estimate of drug-likeness (QED) is 0.0893. The van der Waals surface area contributed by atoms with Crippen LogP contribution in [0.5, 0.6) is 0 Å². The number of nitrogens with zero attached hydrogens (tertiary/aromatic N) is 1. The molecular weight excluding hydrogens is 561 g/mol. The molecule has 0 aromatic heterocycles. The number of hydrogen-bond donors (Lipinski definition) is 0. The van der Waals surface area contributed by atoms with Gasteiger partial charge in [0.1, 0.15) is 9.40 Å². The van der Waals surface area contributed by atoms with Gasteiger partial charge in [-0.1, -0.05) is 58.3 Å². The number of hydrogen-bond acceptors (Lipinski definition) is 4. The highest BCUT2D eigenvalue weighted by Gasteiger charge is 2.30. The Bertz CT molecular complexity index is 1140. The Morgan fingerprint density at radius 2 is 1.00 bits per heavy atom. The maximum atomic E-state index is 13.8. The molecule has 172 valence electrons. The zero-order chi connectivity index (χ0) is 24.5. The van der Waals surface area contributed by atoms with Crippen LogP contribution in [0.15, 0.2) is 41.4 Å². The van der Waals surface area contributed by atoms with Crippen LogP contribution in [0.4, 0.5) is 35.1 Å². The van der Waals surface area contributed by atoms with Crippen molar-refractivity contribution in [2.24, 2.45) is 0 Å². The van der Waals surface area contributed by atoms with Crippen molar-refractivity contribution >= 4 is 58.3 Å². The molecule has 0 aliphatic rings. The molecule has 0 aliphatic carbocycles. The van der Waals surface area contributed by atoms with Crippen molar-refractivity contribution in [3.8, 4) is 0 Å². The van der Waals surface area contributed by atoms with E-state index in [4.69, 9.17) is 34.8 Å². The molecule has 0 amide bonds. The van der Waals surface area contributed by atoms with E-state index in [9.17, 15) is 45.2 Å². The summed E-state index contributed by atoms with van der Waals surface area (Å²) in [5.74, 6) is -15.0. The summed E-state index contributed by atoms with van der Waals surface area (Å²) in [5, 5.41) is 10.2. The molecule has 0 spiro atoms. The van der Waals surface area contributed by atoms with Crippen molar-refractivity contribution < 1.29 is 40.0 Å². The largest absolute Gasteiger partial charge is 0.315 e. The molecule has 2 aromatic carbocycles. The van der Waals surface area contributed by atoms with Crippen molar-refractivity contribution in [3.05, 3.63) is 88.2 Å². The third-order valence-electron chi connectivity index (χ3n) is 3.28. The fourth-order valence-electron chi connectivity index (χ4n) is 1.89. The first-order valence-corrected chi connectivity index (χ1v) is 10.2. The number of halogens is 11. The number of rotatable bonds is 6. The van der Waals surface area contributed by atoms with Crippen molar-refractivity contribution in [2.45, 2.75) is 9.79 Å². The Balaban J connectivity index is 2.58. The topological polar surface area (TPSA) is 43.1 Å². The molecular formula is C16H2Cl3F8NO2S2. The second-order valence-corrected chi connectivity index (χ2v) is 8.89. The molecule has 2 rings (SSSR count). The average Bonchev–Trinajstić information content (AvgIpc) is 2.71. The molecule has 0 N–H and O–H groups in total. The maximum absolute atomic E-state index is 13.8. The number of allylic oxidation sites excluding steroid dienone is 1. The van der Waals surface area contributed by atoms with Crippen LogP contribution in [-0.2, 0) is 0 Å². The van der Waals surface area contributed by atoms with Crippen molar-refractivity contribution in [1.29, 1.82) is 0 Å². The summed E-state index contributed by atoms with van der Waals surface area (Å²) in [5.41, 5.74) is -1.41. The molecule has 0 radical (unpaired) electrons. The fraction of sp³-hybridized carbons (Fsp3) is 0. The van der Waals surface area contributed by atoms with Crippen LogP contribution in [0.2, 0.25) is 0 Å². The number of benzene rings is 2. The second kappa shape index (κ2) is 10.5. The highest BCUT2D eigenvalue weighted by Crippen LogP contribution is 2.44. The van der Waals surface area contributed by atoms with Gasteiger partial charge >= 0.3 is 5.70 Å². The van der Waals surface area contributed by atoms with Gasteiger partial charge in [0.05, 0.1) is 14.7 Å². The van der Waals surface area contributed by atoms with E-state index < -0.39 is 80.7 Å². The van der Waals surface area contributed by atoms with Crippen LogP contribution < -0.4 is 0 Å². The van der Waals surface area contributed by atoms with Gasteiger partial charge in [-0.05, 0) is 0 Å². The predicted molar refractivity (Wildman–Crippen MR) is 103 cm³/mol. The summed E-state index contributed by atoms with van der Waals surface area (Å²) < 4.78 is 106. The van der Waals surface area contributed by atoms with Crippen LogP contribution in [0.25, 0.3) is 0 Å². The monoisotopic (exact) mass is 561 g/mol. The van der Waals surface area contributed by atoms with Gasteiger partial charge in [-0.15, -0.1) is 0 Å². The number of nitro groups is 1. The lowest BCUT2D eigenvalue weighted by Gasteiger charge is -2.09. The van der Waals surface area contributed by atoms with Crippen molar-refractivity contribution in [1.82, 2.24) is 0 Å². The van der Waals surface area contributed by atoms with Crippen LogP contribution >= 0.6 is 58.3 Å². The Hall–Kier alpha value is -1.67. The van der Waals surface area contributed by atoms with Crippen molar-refractivity contribution in [2.75, 3.05) is 0 Å². The summed E-state index contributed by atoms with van der Waals surface area (Å²) in [4.78, 5) is 7.22. The molecule has 3 nitrogen and oxygen atoms in total. The average molecular weight is 563 g/mol. The lowest BCUT2D eigenvalue weighted by Crippen LogP contribution is -2.03. The molecule has 0 saturated carbocycles. The standard InChI is InChI=1S/C16H2Cl3F8NO2S2/c17-7(15(18)31-13-8(24)3(20)1-4(21)9(13)25)12(28(29)30)16(19)32-14-10(26)5(22)2-6(23)11(14)27/h1-2H/b15-7+,16-12+. The Morgan fingerprint density at radius 3 is 1.31 bits per heavy atom. The van der Waals surface area contributed by atoms with Gasteiger partial charge in [-0.3, -0.25) is 10.1 Å². The Kier molecular flexibility index (Phi) is 8.73. The lowest BCUT2D eigenvalue weighted by molar-refractivity contribution is -0.419. The van der Waals surface area contributed by atoms with Crippen LogP contribution in [0, 0.1) is 56.7 Å². The molecule has 0 atom stereocenters. The molecule has 32 heavy (non-hydrogen) atoms. The summed E-state index contributed by atoms with van der Waals surface area (Å²) >= 11 is 16.4. The molecule has 0 aliphatic heterocycles. The van der Waals surface area contributed by atoms with Gasteiger partial charge in [0, 0.05) is 12.1 Å². The van der Waals surface area contributed by atoms with E-state index in [0.29, 0.717) is 0 Å². The third kappa shape index (κ3) is 5.45. The van der Waals surface area contributed by atoms with Gasteiger partial charge in [-0.2, -0.15) is 0 Å². The first kappa shape index (κ1) is 26.6. The third-order valence-corrected chi connectivity index (χ3v) is 6.56. The molecule has 0 saturated heterocycles. The normalized spacial score (nSPS) is 13.1. The molecule has 2 aromatic rings. The van der Waals surface area contributed by atoms with Crippen LogP contribution in [0.3, 0.4) is 0 Å². The molecule has 0 heterocycles. The molecule has 0 unspecified atom stereocenters. The fourth-order valence-corrected chi connectivity index (χ4v) is 4.55. The highest BCUT2D eigenvalue weighted by atomic mass is 35.5. The Morgan fingerprint density at radius 1 is 0.688 bits per heavy atom. The lowest BCUT2D eigenvalue weighted by atomic mass is 10.3. The number of thioether (sulfide) groups is 2. The minimum absolute atomic E-state index is 0.106. The maximum Gasteiger partial charge on any atom is 0.315 e. The van der Waals surface area contributed by atoms with Crippen LogP contribution in [-0.4, -0.2) is 4.92 Å². The first-order chi connectivity index (χ1) is 14.8. The zero-order valence-electron chi connectivity index (χ0n) is 14.4. The summed E-state index contributed by atoms with van der Waals surface area (Å²) in [6, 6.07) is -0.229. The summed E-state index contributed by atoms with van der Waals surface area (Å²) in [6.45, 7) is 0. The van der Waals surface area contributed by atoms with E-state index in [0.717, 1.165) is 0 Å². The predicted octanol–water partition coefficient (Wildman–Crippen LogP) is 8.02. The second-order valence-electron chi connectivity index (χ2n) is 5.27. The zero-order valence-corrected chi connectivity index (χ0v) is 18.3. The van der Waals surface area contributed by atoms with Gasteiger partial charge in [0.15, 0.2) is 50.9 Å². The van der Waals surface area contributed by atoms with E-state index in [1.54, 1.807) is 0 Å². The van der Waals surface area contributed by atoms with E-state index in [1.807, 2.05) is 0 Å². The minimum atomic E-state index is -1.94. The minimum Gasteiger partial charge on any atom is -0.258 e. The first-order valence-electron chi connectivity index (χ1n) is 7.39. The van der Waals surface area contributed by atoms with E-state index >= 15 is 0 Å².